The first-order valence-corrected chi connectivity index (χ1v) is 8.62. The number of carboxylic acids is 2. The molecule has 0 bridgehead atoms. The van der Waals surface area contributed by atoms with Crippen molar-refractivity contribution in [3.05, 3.63) is 48.6 Å². The molecule has 0 aliphatic carbocycles. The molecule has 0 saturated carbocycles. The molecule has 0 aliphatic heterocycles. The van der Waals surface area contributed by atoms with Crippen molar-refractivity contribution in [2.24, 2.45) is 0 Å². The molecule has 0 aromatic carbocycles. The fraction of sp³-hybridized carbons (Fsp3) is 0.500. The van der Waals surface area contributed by atoms with Gasteiger partial charge in [0.1, 0.15) is 0 Å². The summed E-state index contributed by atoms with van der Waals surface area (Å²) in [4.78, 5) is 20.4. The van der Waals surface area contributed by atoms with Crippen LogP contribution in [0.1, 0.15) is 64.2 Å². The fourth-order valence-electron chi connectivity index (χ4n) is 1.94. The lowest BCUT2D eigenvalue weighted by molar-refractivity contribution is -0.307. The summed E-state index contributed by atoms with van der Waals surface area (Å²) in [5.74, 6) is -1.96. The van der Waals surface area contributed by atoms with Crippen molar-refractivity contribution >= 4 is 11.9 Å². The SMILES string of the molecule is O=C([O-])CCC/C=C\C/C=C\C/C=C\C/C=C\CCCCC(=O)[O-]. The lowest BCUT2D eigenvalue weighted by Crippen LogP contribution is -2.21. The summed E-state index contributed by atoms with van der Waals surface area (Å²) in [7, 11) is 0. The summed E-state index contributed by atoms with van der Waals surface area (Å²) in [5, 5.41) is 20.4. The van der Waals surface area contributed by atoms with E-state index < -0.39 is 11.9 Å². The van der Waals surface area contributed by atoms with Crippen LogP contribution in [0.3, 0.4) is 0 Å². The van der Waals surface area contributed by atoms with E-state index in [2.05, 4.69) is 36.5 Å². The zero-order valence-corrected chi connectivity index (χ0v) is 14.3. The molecule has 0 radical (unpaired) electrons. The van der Waals surface area contributed by atoms with Crippen molar-refractivity contribution in [1.82, 2.24) is 0 Å². The van der Waals surface area contributed by atoms with E-state index in [9.17, 15) is 19.8 Å². The molecule has 4 nitrogen and oxygen atoms in total. The molecule has 0 aromatic heterocycles. The van der Waals surface area contributed by atoms with E-state index in [1.807, 2.05) is 12.2 Å². The van der Waals surface area contributed by atoms with Crippen LogP contribution in [0.15, 0.2) is 48.6 Å². The van der Waals surface area contributed by atoms with Gasteiger partial charge in [0.05, 0.1) is 0 Å². The van der Waals surface area contributed by atoms with Gasteiger partial charge >= 0.3 is 0 Å². The van der Waals surface area contributed by atoms with E-state index in [0.29, 0.717) is 12.8 Å². The Kier molecular flexibility index (Phi) is 15.7. The first-order valence-electron chi connectivity index (χ1n) is 8.62. The van der Waals surface area contributed by atoms with Crippen molar-refractivity contribution < 1.29 is 19.8 Å². The summed E-state index contributed by atoms with van der Waals surface area (Å²) < 4.78 is 0. The third kappa shape index (κ3) is 19.9. The quantitative estimate of drug-likeness (QED) is 0.341. The Morgan fingerprint density at radius 3 is 1.38 bits per heavy atom. The molecule has 0 unspecified atom stereocenters. The van der Waals surface area contributed by atoms with Crippen molar-refractivity contribution in [2.45, 2.75) is 64.2 Å². The number of hydrogen-bond donors (Lipinski definition) is 0. The molecule has 0 N–H and O–H groups in total. The molecule has 24 heavy (non-hydrogen) atoms. The van der Waals surface area contributed by atoms with Gasteiger partial charge < -0.3 is 19.8 Å². The van der Waals surface area contributed by atoms with Crippen molar-refractivity contribution in [1.29, 1.82) is 0 Å². The lowest BCUT2D eigenvalue weighted by Gasteiger charge is -1.98. The largest absolute Gasteiger partial charge is 0.550 e. The number of hydrogen-bond acceptors (Lipinski definition) is 4. The number of carbonyl (C=O) groups is 2. The maximum Gasteiger partial charge on any atom is 0.0414 e. The predicted octanol–water partition coefficient (Wildman–Crippen LogP) is 2.61. The monoisotopic (exact) mass is 332 g/mol. The van der Waals surface area contributed by atoms with Gasteiger partial charge in [-0.25, -0.2) is 0 Å². The minimum Gasteiger partial charge on any atom is -0.550 e. The zero-order chi connectivity index (χ0) is 17.9. The number of carboxylic acid groups (broad SMARTS) is 2. The van der Waals surface area contributed by atoms with Crippen molar-refractivity contribution in [2.75, 3.05) is 0 Å². The first-order chi connectivity index (χ1) is 11.6. The Hall–Kier alpha value is -2.10. The summed E-state index contributed by atoms with van der Waals surface area (Å²) >= 11 is 0. The third-order valence-corrected chi connectivity index (χ3v) is 3.24. The van der Waals surface area contributed by atoms with Crippen LogP contribution in [0.5, 0.6) is 0 Å². The van der Waals surface area contributed by atoms with Crippen LogP contribution in [0.25, 0.3) is 0 Å². The highest BCUT2D eigenvalue weighted by Crippen LogP contribution is 2.01. The molecule has 4 heteroatoms. The van der Waals surface area contributed by atoms with Gasteiger partial charge in [-0.15, -0.1) is 0 Å². The topological polar surface area (TPSA) is 80.3 Å². The van der Waals surface area contributed by atoms with Gasteiger partial charge in [-0.2, -0.15) is 0 Å². The highest BCUT2D eigenvalue weighted by atomic mass is 16.4. The Bertz CT molecular complexity index is 445. The Morgan fingerprint density at radius 2 is 0.917 bits per heavy atom. The molecule has 0 aromatic rings. The summed E-state index contributed by atoms with van der Waals surface area (Å²) in [5.41, 5.74) is 0. The molecular formula is C20H28O4-2. The van der Waals surface area contributed by atoms with Crippen LogP contribution in [-0.4, -0.2) is 11.9 Å². The molecule has 0 fully saturated rings. The Labute approximate surface area is 145 Å². The van der Waals surface area contributed by atoms with Gasteiger partial charge in [0.25, 0.3) is 0 Å². The second kappa shape index (κ2) is 17.3. The number of aliphatic carboxylic acids is 2. The van der Waals surface area contributed by atoms with Gasteiger partial charge in [0.2, 0.25) is 0 Å². The van der Waals surface area contributed by atoms with Crippen molar-refractivity contribution in [3.8, 4) is 0 Å². The smallest absolute Gasteiger partial charge is 0.0414 e. The van der Waals surface area contributed by atoms with E-state index in [1.165, 1.54) is 0 Å². The number of unbranched alkanes of at least 4 members (excludes halogenated alkanes) is 3. The van der Waals surface area contributed by atoms with E-state index in [0.717, 1.165) is 38.5 Å². The van der Waals surface area contributed by atoms with E-state index in [4.69, 9.17) is 0 Å². The van der Waals surface area contributed by atoms with Gasteiger partial charge in [0, 0.05) is 11.9 Å². The predicted molar refractivity (Wildman–Crippen MR) is 92.7 cm³/mol. The highest BCUT2D eigenvalue weighted by Gasteiger charge is 1.86. The van der Waals surface area contributed by atoms with Crippen LogP contribution < -0.4 is 10.2 Å². The normalized spacial score (nSPS) is 12.2. The summed E-state index contributed by atoms with van der Waals surface area (Å²) in [6.45, 7) is 0. The molecule has 134 valence electrons. The van der Waals surface area contributed by atoms with Gasteiger partial charge in [0.15, 0.2) is 0 Å². The van der Waals surface area contributed by atoms with Crippen molar-refractivity contribution in [3.63, 3.8) is 0 Å². The van der Waals surface area contributed by atoms with Gasteiger partial charge in [-0.1, -0.05) is 48.6 Å². The number of allylic oxidation sites excluding steroid dienone is 8. The Balaban J connectivity index is 3.43. The molecular weight excluding hydrogens is 304 g/mol. The summed E-state index contributed by atoms with van der Waals surface area (Å²) in [6.07, 6.45) is 23.5. The average molecular weight is 332 g/mol. The maximum absolute atomic E-state index is 10.2. The van der Waals surface area contributed by atoms with Crippen LogP contribution in [-0.2, 0) is 9.59 Å². The van der Waals surface area contributed by atoms with Crippen LogP contribution >= 0.6 is 0 Å². The van der Waals surface area contributed by atoms with E-state index in [1.54, 1.807) is 0 Å². The standard InChI is InChI=1S/C20H30O4/c21-19(22)17-15-13-11-9-7-5-3-1-2-4-6-8-10-12-14-16-18-20(23)24/h1,3-4,6-7,9-10,12H,2,5,8,11,13-18H2,(H,21,22)(H,23,24)/p-2/b3-1-,6-4-,9-7-,12-10-. The average Bonchev–Trinajstić information content (AvgIpc) is 2.53. The van der Waals surface area contributed by atoms with Crippen LogP contribution in [0.4, 0.5) is 0 Å². The second-order valence-electron chi connectivity index (χ2n) is 5.47. The maximum atomic E-state index is 10.2. The molecule has 0 heterocycles. The minimum absolute atomic E-state index is 0.124. The van der Waals surface area contributed by atoms with Gasteiger partial charge in [-0.3, -0.25) is 0 Å². The molecule has 0 amide bonds. The van der Waals surface area contributed by atoms with E-state index in [-0.39, 0.29) is 12.8 Å². The molecule has 0 spiro atoms. The molecule has 0 rings (SSSR count). The first kappa shape index (κ1) is 21.9. The van der Waals surface area contributed by atoms with E-state index >= 15 is 0 Å². The fourth-order valence-corrected chi connectivity index (χ4v) is 1.94. The summed E-state index contributed by atoms with van der Waals surface area (Å²) in [6, 6.07) is 0. The number of carbonyl (C=O) groups excluding carboxylic acids is 2. The highest BCUT2D eigenvalue weighted by molar-refractivity contribution is 5.64. The Morgan fingerprint density at radius 1 is 0.542 bits per heavy atom. The molecule has 0 aliphatic rings. The second-order valence-corrected chi connectivity index (χ2v) is 5.47. The van der Waals surface area contributed by atoms with Crippen LogP contribution in [0.2, 0.25) is 0 Å². The number of rotatable bonds is 15. The lowest BCUT2D eigenvalue weighted by atomic mass is 10.2. The van der Waals surface area contributed by atoms with Crippen LogP contribution in [0, 0.1) is 0 Å². The molecule has 0 atom stereocenters. The molecule has 0 saturated heterocycles. The third-order valence-electron chi connectivity index (χ3n) is 3.24. The zero-order valence-electron chi connectivity index (χ0n) is 14.3. The van der Waals surface area contributed by atoms with Gasteiger partial charge in [-0.05, 0) is 64.2 Å². The minimum atomic E-state index is -0.985.